The molecule has 2 aromatic heterocycles. The summed E-state index contributed by atoms with van der Waals surface area (Å²) in [6.07, 6.45) is 3.71. The third kappa shape index (κ3) is 4.00. The molecule has 1 atom stereocenters. The number of nitrogens with zero attached hydrogens (tertiary/aromatic N) is 3. The second kappa shape index (κ2) is 6.66. The number of aromatic nitrogens is 3. The van der Waals surface area contributed by atoms with Crippen LogP contribution >= 0.6 is 0 Å². The van der Waals surface area contributed by atoms with Crippen LogP contribution in [0.3, 0.4) is 0 Å². The van der Waals surface area contributed by atoms with E-state index in [1.165, 1.54) is 5.56 Å². The maximum atomic E-state index is 4.52. The van der Waals surface area contributed by atoms with Crippen LogP contribution in [-0.4, -0.2) is 15.0 Å². The lowest BCUT2D eigenvalue weighted by Gasteiger charge is -2.23. The van der Waals surface area contributed by atoms with E-state index >= 15 is 0 Å². The van der Waals surface area contributed by atoms with Crippen molar-refractivity contribution in [3.05, 3.63) is 47.7 Å². The van der Waals surface area contributed by atoms with E-state index in [-0.39, 0.29) is 6.04 Å². The molecular weight excluding hydrogens is 260 g/mol. The Kier molecular flexibility index (Phi) is 4.89. The average molecular weight is 284 g/mol. The quantitative estimate of drug-likeness (QED) is 0.897. The molecule has 0 radical (unpaired) electrons. The van der Waals surface area contributed by atoms with Crippen molar-refractivity contribution in [2.24, 2.45) is 5.92 Å². The Morgan fingerprint density at radius 2 is 1.86 bits per heavy atom. The van der Waals surface area contributed by atoms with Gasteiger partial charge in [-0.2, -0.15) is 0 Å². The highest BCUT2D eigenvalue weighted by Gasteiger charge is 2.17. The van der Waals surface area contributed by atoms with Crippen LogP contribution in [-0.2, 0) is 0 Å². The van der Waals surface area contributed by atoms with Crippen LogP contribution in [0.25, 0.3) is 0 Å². The smallest absolute Gasteiger partial charge is 0.130 e. The van der Waals surface area contributed by atoms with Crippen molar-refractivity contribution in [1.29, 1.82) is 0 Å². The van der Waals surface area contributed by atoms with Gasteiger partial charge in [-0.05, 0) is 30.4 Å². The first-order chi connectivity index (χ1) is 9.97. The number of anilines is 1. The minimum absolute atomic E-state index is 0.188. The lowest BCUT2D eigenvalue weighted by molar-refractivity contribution is 0.543. The summed E-state index contributed by atoms with van der Waals surface area (Å²) in [5.41, 5.74) is 2.24. The first kappa shape index (κ1) is 15.4. The van der Waals surface area contributed by atoms with Gasteiger partial charge in [-0.3, -0.25) is 4.98 Å². The summed E-state index contributed by atoms with van der Waals surface area (Å²) in [5.74, 6) is 2.52. The highest BCUT2D eigenvalue weighted by Crippen LogP contribution is 2.26. The lowest BCUT2D eigenvalue weighted by atomic mass is 9.97. The van der Waals surface area contributed by atoms with Gasteiger partial charge in [0.2, 0.25) is 0 Å². The summed E-state index contributed by atoms with van der Waals surface area (Å²) in [4.78, 5) is 13.2. The Labute approximate surface area is 127 Å². The van der Waals surface area contributed by atoms with Gasteiger partial charge in [0, 0.05) is 24.2 Å². The van der Waals surface area contributed by atoms with Gasteiger partial charge in [0.15, 0.2) is 0 Å². The molecule has 0 bridgehead atoms. The molecule has 1 N–H and O–H groups in total. The van der Waals surface area contributed by atoms with Gasteiger partial charge in [0.05, 0.1) is 6.04 Å². The van der Waals surface area contributed by atoms with Crippen molar-refractivity contribution >= 4 is 5.82 Å². The first-order valence-electron chi connectivity index (χ1n) is 7.49. The zero-order valence-electron chi connectivity index (χ0n) is 13.5. The van der Waals surface area contributed by atoms with Crippen LogP contribution in [0.1, 0.15) is 56.7 Å². The molecule has 4 nitrogen and oxygen atoms in total. The van der Waals surface area contributed by atoms with Crippen molar-refractivity contribution in [2.75, 3.05) is 5.32 Å². The monoisotopic (exact) mass is 284 g/mol. The molecule has 0 saturated heterocycles. The molecule has 2 aromatic rings. The molecule has 0 aliphatic carbocycles. The third-order valence-corrected chi connectivity index (χ3v) is 3.46. The van der Waals surface area contributed by atoms with Crippen LogP contribution in [0, 0.1) is 12.8 Å². The molecule has 112 valence electrons. The Bertz CT molecular complexity index is 579. The lowest BCUT2D eigenvalue weighted by Crippen LogP contribution is -2.18. The molecule has 0 aromatic carbocycles. The SMILES string of the molecule is Cc1nc(N[C@H](c2cccnc2)C(C)C)cc(C(C)C)n1. The third-order valence-electron chi connectivity index (χ3n) is 3.46. The van der Waals surface area contributed by atoms with Crippen LogP contribution in [0.2, 0.25) is 0 Å². The molecule has 0 amide bonds. The van der Waals surface area contributed by atoms with Crippen molar-refractivity contribution in [3.8, 4) is 0 Å². The van der Waals surface area contributed by atoms with E-state index in [2.05, 4.69) is 54.0 Å². The molecule has 2 rings (SSSR count). The van der Waals surface area contributed by atoms with Gasteiger partial charge < -0.3 is 5.32 Å². The molecule has 0 aliphatic heterocycles. The van der Waals surface area contributed by atoms with E-state index in [1.807, 2.05) is 25.3 Å². The van der Waals surface area contributed by atoms with Gasteiger partial charge in [-0.25, -0.2) is 9.97 Å². The molecule has 4 heteroatoms. The van der Waals surface area contributed by atoms with E-state index in [0.717, 1.165) is 17.3 Å². The molecule has 21 heavy (non-hydrogen) atoms. The second-order valence-corrected chi connectivity index (χ2v) is 6.03. The van der Waals surface area contributed by atoms with Gasteiger partial charge in [0.1, 0.15) is 11.6 Å². The molecule has 0 unspecified atom stereocenters. The average Bonchev–Trinajstić information content (AvgIpc) is 2.44. The Balaban J connectivity index is 2.29. The van der Waals surface area contributed by atoms with Crippen molar-refractivity contribution in [2.45, 2.75) is 46.6 Å². The fourth-order valence-corrected chi connectivity index (χ4v) is 2.31. The maximum absolute atomic E-state index is 4.52. The molecule has 0 fully saturated rings. The molecule has 0 spiro atoms. The number of hydrogen-bond acceptors (Lipinski definition) is 4. The van der Waals surface area contributed by atoms with Gasteiger partial charge in [-0.1, -0.05) is 33.8 Å². The van der Waals surface area contributed by atoms with Crippen molar-refractivity contribution < 1.29 is 0 Å². The number of hydrogen-bond donors (Lipinski definition) is 1. The summed E-state index contributed by atoms with van der Waals surface area (Å²) in [6.45, 7) is 10.6. The summed E-state index contributed by atoms with van der Waals surface area (Å²) < 4.78 is 0. The predicted molar refractivity (Wildman–Crippen MR) is 86.3 cm³/mol. The summed E-state index contributed by atoms with van der Waals surface area (Å²) in [5, 5.41) is 3.54. The van der Waals surface area contributed by atoms with E-state index in [4.69, 9.17) is 0 Å². The second-order valence-electron chi connectivity index (χ2n) is 6.03. The fraction of sp³-hybridized carbons (Fsp3) is 0.471. The van der Waals surface area contributed by atoms with Crippen molar-refractivity contribution in [3.63, 3.8) is 0 Å². The number of pyridine rings is 1. The summed E-state index contributed by atoms with van der Waals surface area (Å²) in [7, 11) is 0. The van der Waals surface area contributed by atoms with Crippen LogP contribution in [0.5, 0.6) is 0 Å². The summed E-state index contributed by atoms with van der Waals surface area (Å²) in [6, 6.07) is 6.30. The fourth-order valence-electron chi connectivity index (χ4n) is 2.31. The van der Waals surface area contributed by atoms with Crippen LogP contribution in [0.15, 0.2) is 30.6 Å². The summed E-state index contributed by atoms with van der Waals surface area (Å²) >= 11 is 0. The predicted octanol–water partition coefficient (Wildman–Crippen LogP) is 4.11. The normalized spacial score (nSPS) is 12.7. The number of rotatable bonds is 5. The van der Waals surface area contributed by atoms with E-state index < -0.39 is 0 Å². The topological polar surface area (TPSA) is 50.7 Å². The Morgan fingerprint density at radius 3 is 2.43 bits per heavy atom. The highest BCUT2D eigenvalue weighted by atomic mass is 15.1. The molecular formula is C17H24N4. The van der Waals surface area contributed by atoms with Gasteiger partial charge in [0.25, 0.3) is 0 Å². The van der Waals surface area contributed by atoms with E-state index in [9.17, 15) is 0 Å². The van der Waals surface area contributed by atoms with Crippen molar-refractivity contribution in [1.82, 2.24) is 15.0 Å². The Hall–Kier alpha value is -1.97. The largest absolute Gasteiger partial charge is 0.363 e. The standard InChI is InChI=1S/C17H24N4/c1-11(2)15-9-16(20-13(5)19-15)21-17(12(3)4)14-7-6-8-18-10-14/h6-12,17H,1-5H3,(H,19,20,21)/t17-/m0/s1. The number of nitrogens with one attached hydrogen (secondary N) is 1. The zero-order valence-corrected chi connectivity index (χ0v) is 13.5. The molecule has 0 saturated carbocycles. The molecule has 0 aliphatic rings. The maximum Gasteiger partial charge on any atom is 0.130 e. The zero-order chi connectivity index (χ0) is 15.4. The minimum atomic E-state index is 0.188. The first-order valence-corrected chi connectivity index (χ1v) is 7.49. The minimum Gasteiger partial charge on any atom is -0.363 e. The van der Waals surface area contributed by atoms with Gasteiger partial charge >= 0.3 is 0 Å². The van der Waals surface area contributed by atoms with Crippen LogP contribution < -0.4 is 5.32 Å². The molecule has 2 heterocycles. The van der Waals surface area contributed by atoms with Crippen LogP contribution in [0.4, 0.5) is 5.82 Å². The highest BCUT2D eigenvalue weighted by molar-refractivity contribution is 5.40. The van der Waals surface area contributed by atoms with E-state index in [1.54, 1.807) is 6.20 Å². The number of aryl methyl sites for hydroxylation is 1. The van der Waals surface area contributed by atoms with E-state index in [0.29, 0.717) is 11.8 Å². The van der Waals surface area contributed by atoms with Gasteiger partial charge in [-0.15, -0.1) is 0 Å². The Morgan fingerprint density at radius 1 is 1.10 bits per heavy atom.